The molecule has 2 aromatic heterocycles. The molecule has 3 aromatic rings. The smallest absolute Gasteiger partial charge is 0.247 e. The summed E-state index contributed by atoms with van der Waals surface area (Å²) in [4.78, 5) is 12.4. The van der Waals surface area contributed by atoms with Gasteiger partial charge in [0, 0.05) is 11.8 Å². The third kappa shape index (κ3) is 1.95. The number of hydrogen-bond acceptors (Lipinski definition) is 5. The molecule has 3 rings (SSSR count). The van der Waals surface area contributed by atoms with Gasteiger partial charge in [0.05, 0.1) is 17.8 Å². The number of aromatic nitrogens is 3. The van der Waals surface area contributed by atoms with Crippen LogP contribution in [0.2, 0.25) is 0 Å². The van der Waals surface area contributed by atoms with Gasteiger partial charge in [0.15, 0.2) is 5.58 Å². The molecule has 2 heterocycles. The first-order chi connectivity index (χ1) is 9.17. The van der Waals surface area contributed by atoms with Crippen LogP contribution in [0.3, 0.4) is 0 Å². The van der Waals surface area contributed by atoms with Crippen LogP contribution in [-0.4, -0.2) is 22.8 Å². The van der Waals surface area contributed by atoms with Gasteiger partial charge in [0.25, 0.3) is 0 Å². The van der Waals surface area contributed by atoms with E-state index in [1.807, 2.05) is 6.92 Å². The first-order valence-electron chi connectivity index (χ1n) is 5.56. The van der Waals surface area contributed by atoms with Crippen LogP contribution in [0, 0.1) is 18.3 Å². The van der Waals surface area contributed by atoms with Gasteiger partial charge in [-0.1, -0.05) is 0 Å². The molecular weight excluding hydrogens is 239 g/mol. The second-order valence-corrected chi connectivity index (χ2v) is 4.10. The van der Waals surface area contributed by atoms with Crippen molar-refractivity contribution in [3.8, 4) is 17.7 Å². The summed E-state index contributed by atoms with van der Waals surface area (Å²) in [5.41, 5.74) is 3.52. The number of nitriles is 1. The number of hydrogen-bond donors (Lipinski definition) is 0. The highest BCUT2D eigenvalue weighted by Gasteiger charge is 2.12. The van der Waals surface area contributed by atoms with Gasteiger partial charge in [-0.25, -0.2) is 9.97 Å². The fourth-order valence-corrected chi connectivity index (χ4v) is 1.82. The Morgan fingerprint density at radius 3 is 2.79 bits per heavy atom. The van der Waals surface area contributed by atoms with Gasteiger partial charge in [-0.2, -0.15) is 5.26 Å². The van der Waals surface area contributed by atoms with Crippen molar-refractivity contribution < 1.29 is 4.42 Å². The lowest BCUT2D eigenvalue weighted by atomic mass is 10.1. The van der Waals surface area contributed by atoms with Gasteiger partial charge >= 0.3 is 0 Å². The minimum Gasteiger partial charge on any atom is -0.434 e. The molecule has 1 aromatic carbocycles. The highest BCUT2D eigenvalue weighted by atomic mass is 16.3. The van der Waals surface area contributed by atoms with Crippen molar-refractivity contribution in [3.63, 3.8) is 0 Å². The van der Waals surface area contributed by atoms with Crippen molar-refractivity contribution in [2.24, 2.45) is 0 Å². The van der Waals surface area contributed by atoms with Gasteiger partial charge < -0.3 is 4.42 Å². The number of fused-ring (bicyclic) bond motifs is 1. The van der Waals surface area contributed by atoms with Gasteiger partial charge in [-0.3, -0.25) is 4.98 Å². The van der Waals surface area contributed by atoms with E-state index in [1.165, 1.54) is 12.4 Å². The standard InChI is InChI=1S/C13H7BN4O/c1-7-2-8(4-15)3-9-12(7)19-13(18-9)10-5-17-11(14)6-16-10/h2-3,5-6H,1H3. The molecule has 19 heavy (non-hydrogen) atoms. The summed E-state index contributed by atoms with van der Waals surface area (Å²) in [6, 6.07) is 5.53. The quantitative estimate of drug-likeness (QED) is 0.604. The molecule has 0 aliphatic rings. The van der Waals surface area contributed by atoms with E-state index in [-0.39, 0.29) is 0 Å². The van der Waals surface area contributed by atoms with E-state index in [9.17, 15) is 0 Å². The van der Waals surface area contributed by atoms with E-state index in [2.05, 4.69) is 21.0 Å². The zero-order valence-electron chi connectivity index (χ0n) is 10.1. The SMILES string of the molecule is [B]c1cnc(-c2nc3cc(C#N)cc(C)c3o2)cn1. The third-order valence-electron chi connectivity index (χ3n) is 2.70. The second-order valence-electron chi connectivity index (χ2n) is 4.10. The zero-order chi connectivity index (χ0) is 13.4. The molecule has 0 aliphatic heterocycles. The number of aryl methyl sites for hydroxylation is 1. The Bertz CT molecular complexity index is 802. The Kier molecular flexibility index (Phi) is 2.53. The van der Waals surface area contributed by atoms with Gasteiger partial charge in [-0.05, 0) is 24.6 Å². The minimum atomic E-state index is 0.336. The van der Waals surface area contributed by atoms with Crippen molar-refractivity contribution >= 4 is 24.5 Å². The summed E-state index contributed by atoms with van der Waals surface area (Å²) in [5, 5.41) is 8.93. The molecule has 0 spiro atoms. The predicted octanol–water partition coefficient (Wildman–Crippen LogP) is 1.26. The van der Waals surface area contributed by atoms with E-state index in [0.29, 0.717) is 33.8 Å². The minimum absolute atomic E-state index is 0.336. The maximum Gasteiger partial charge on any atom is 0.247 e. The van der Waals surface area contributed by atoms with E-state index < -0.39 is 0 Å². The second kappa shape index (κ2) is 4.21. The van der Waals surface area contributed by atoms with Gasteiger partial charge in [-0.15, -0.1) is 0 Å². The molecule has 0 amide bonds. The van der Waals surface area contributed by atoms with Crippen LogP contribution < -0.4 is 5.59 Å². The molecule has 0 N–H and O–H groups in total. The van der Waals surface area contributed by atoms with Gasteiger partial charge in [0.2, 0.25) is 5.89 Å². The number of nitrogens with zero attached hydrogens (tertiary/aromatic N) is 4. The number of benzene rings is 1. The van der Waals surface area contributed by atoms with E-state index >= 15 is 0 Å². The Morgan fingerprint density at radius 1 is 1.26 bits per heavy atom. The molecule has 0 aliphatic carbocycles. The topological polar surface area (TPSA) is 75.6 Å². The molecule has 0 unspecified atom stereocenters. The van der Waals surface area contributed by atoms with E-state index in [0.717, 1.165) is 5.56 Å². The Hall–Kier alpha value is -2.68. The number of rotatable bonds is 1. The summed E-state index contributed by atoms with van der Waals surface area (Å²) in [7, 11) is 5.48. The summed E-state index contributed by atoms with van der Waals surface area (Å²) in [6.07, 6.45) is 2.94. The van der Waals surface area contributed by atoms with Crippen molar-refractivity contribution in [3.05, 3.63) is 35.7 Å². The summed E-state index contributed by atoms with van der Waals surface area (Å²) >= 11 is 0. The monoisotopic (exact) mass is 246 g/mol. The van der Waals surface area contributed by atoms with Crippen LogP contribution in [0.1, 0.15) is 11.1 Å². The average Bonchev–Trinajstić information content (AvgIpc) is 2.84. The Balaban J connectivity index is 2.19. The molecule has 88 valence electrons. The molecule has 0 bridgehead atoms. The van der Waals surface area contributed by atoms with Gasteiger partial charge in [0.1, 0.15) is 19.1 Å². The summed E-state index contributed by atoms with van der Waals surface area (Å²) < 4.78 is 5.66. The molecule has 0 atom stereocenters. The molecule has 0 saturated carbocycles. The Morgan fingerprint density at radius 2 is 2.11 bits per heavy atom. The number of oxazole rings is 1. The first kappa shape index (κ1) is 11.4. The van der Waals surface area contributed by atoms with Crippen LogP contribution in [-0.2, 0) is 0 Å². The highest BCUT2D eigenvalue weighted by molar-refractivity contribution is 6.30. The molecule has 0 fully saturated rings. The summed E-state index contributed by atoms with van der Waals surface area (Å²) in [6.45, 7) is 1.87. The first-order valence-corrected chi connectivity index (χ1v) is 5.56. The molecule has 5 nitrogen and oxygen atoms in total. The molecule has 0 saturated heterocycles. The lowest BCUT2D eigenvalue weighted by Crippen LogP contribution is -2.08. The highest BCUT2D eigenvalue weighted by Crippen LogP contribution is 2.25. The van der Waals surface area contributed by atoms with Crippen molar-refractivity contribution in [2.45, 2.75) is 6.92 Å². The van der Waals surface area contributed by atoms with Crippen LogP contribution in [0.5, 0.6) is 0 Å². The maximum absolute atomic E-state index is 8.93. The van der Waals surface area contributed by atoms with E-state index in [4.69, 9.17) is 17.5 Å². The maximum atomic E-state index is 8.93. The van der Waals surface area contributed by atoms with Crippen molar-refractivity contribution in [2.75, 3.05) is 0 Å². The van der Waals surface area contributed by atoms with Crippen molar-refractivity contribution in [1.29, 1.82) is 5.26 Å². The fraction of sp³-hybridized carbons (Fsp3) is 0.0769. The zero-order valence-corrected chi connectivity index (χ0v) is 10.1. The van der Waals surface area contributed by atoms with Crippen molar-refractivity contribution in [1.82, 2.24) is 15.0 Å². The molecule has 2 radical (unpaired) electrons. The lowest BCUT2D eigenvalue weighted by molar-refractivity contribution is 0.614. The molecule has 6 heteroatoms. The predicted molar refractivity (Wildman–Crippen MR) is 69.9 cm³/mol. The third-order valence-corrected chi connectivity index (χ3v) is 2.70. The largest absolute Gasteiger partial charge is 0.434 e. The lowest BCUT2D eigenvalue weighted by Gasteiger charge is -1.94. The van der Waals surface area contributed by atoms with Crippen LogP contribution in [0.25, 0.3) is 22.7 Å². The average molecular weight is 246 g/mol. The fourth-order valence-electron chi connectivity index (χ4n) is 1.82. The summed E-state index contributed by atoms with van der Waals surface area (Å²) in [5.74, 6) is 0.362. The van der Waals surface area contributed by atoms with Crippen LogP contribution >= 0.6 is 0 Å². The normalized spacial score (nSPS) is 10.5. The molecular formula is C13H7BN4O. The van der Waals surface area contributed by atoms with Crippen LogP contribution in [0.4, 0.5) is 0 Å². The van der Waals surface area contributed by atoms with Crippen LogP contribution in [0.15, 0.2) is 28.9 Å². The Labute approximate surface area is 110 Å². The van der Waals surface area contributed by atoms with E-state index in [1.54, 1.807) is 12.1 Å².